The molecule has 0 unspecified atom stereocenters. The molecule has 1 aliphatic rings. The second-order valence-electron chi connectivity index (χ2n) is 9.86. The molecule has 190 valence electrons. The number of anilines is 1. The number of hydrogen-bond donors (Lipinski definition) is 4. The van der Waals surface area contributed by atoms with Crippen molar-refractivity contribution in [3.63, 3.8) is 0 Å². The van der Waals surface area contributed by atoms with E-state index in [4.69, 9.17) is 4.98 Å². The van der Waals surface area contributed by atoms with Gasteiger partial charge < -0.3 is 20.5 Å². The first-order chi connectivity index (χ1) is 18.0. The molecule has 4 aromatic heterocycles. The zero-order valence-electron chi connectivity index (χ0n) is 21.0. The van der Waals surface area contributed by atoms with Gasteiger partial charge in [0.15, 0.2) is 11.5 Å². The summed E-state index contributed by atoms with van der Waals surface area (Å²) in [6.07, 6.45) is 5.86. The molecule has 0 radical (unpaired) electrons. The molecule has 1 aromatic carbocycles. The van der Waals surface area contributed by atoms with Crippen LogP contribution < -0.4 is 10.6 Å². The summed E-state index contributed by atoms with van der Waals surface area (Å²) < 4.78 is 14.6. The Morgan fingerprint density at radius 2 is 1.95 bits per heavy atom. The van der Waals surface area contributed by atoms with Gasteiger partial charge in [0.05, 0.1) is 16.6 Å². The fourth-order valence-electron chi connectivity index (χ4n) is 4.99. The Balaban J connectivity index is 1.37. The Labute approximate surface area is 213 Å². The Morgan fingerprint density at radius 1 is 1.08 bits per heavy atom. The van der Waals surface area contributed by atoms with Crippen molar-refractivity contribution in [2.75, 3.05) is 45.6 Å². The SMILES string of the molecule is CN(C)CCNc1cc(F)cc(-c2nccc3[nH]c(-c4n[nH]c5ncc(C6CCNCC6)cc45)nc23)c1. The summed E-state index contributed by atoms with van der Waals surface area (Å²) in [5, 5.41) is 15.2. The van der Waals surface area contributed by atoms with Crippen molar-refractivity contribution in [2.24, 2.45) is 0 Å². The van der Waals surface area contributed by atoms with Crippen molar-refractivity contribution in [1.29, 1.82) is 0 Å². The molecule has 1 saturated heterocycles. The normalized spacial score (nSPS) is 14.7. The van der Waals surface area contributed by atoms with Crippen LogP contribution in [0.4, 0.5) is 10.1 Å². The van der Waals surface area contributed by atoms with Crippen LogP contribution in [-0.2, 0) is 0 Å². The van der Waals surface area contributed by atoms with E-state index >= 15 is 0 Å². The van der Waals surface area contributed by atoms with E-state index in [1.807, 2.05) is 32.4 Å². The number of halogens is 1. The summed E-state index contributed by atoms with van der Waals surface area (Å²) in [6.45, 7) is 3.59. The lowest BCUT2D eigenvalue weighted by Crippen LogP contribution is -2.26. The van der Waals surface area contributed by atoms with Gasteiger partial charge in [-0.3, -0.25) is 10.1 Å². The average Bonchev–Trinajstić information content (AvgIpc) is 3.52. The minimum Gasteiger partial charge on any atom is -0.384 e. The molecule has 0 atom stereocenters. The van der Waals surface area contributed by atoms with Crippen LogP contribution >= 0.6 is 0 Å². The van der Waals surface area contributed by atoms with Crippen molar-refractivity contribution < 1.29 is 4.39 Å². The summed E-state index contributed by atoms with van der Waals surface area (Å²) in [5.74, 6) is 0.788. The van der Waals surface area contributed by atoms with Gasteiger partial charge >= 0.3 is 0 Å². The fourth-order valence-corrected chi connectivity index (χ4v) is 4.99. The van der Waals surface area contributed by atoms with E-state index in [9.17, 15) is 4.39 Å². The Kier molecular flexibility index (Phi) is 6.27. The number of fused-ring (bicyclic) bond motifs is 2. The van der Waals surface area contributed by atoms with Gasteiger partial charge in [0.1, 0.15) is 17.0 Å². The Morgan fingerprint density at radius 3 is 2.78 bits per heavy atom. The topological polar surface area (TPSA) is 110 Å². The molecule has 0 amide bonds. The van der Waals surface area contributed by atoms with Gasteiger partial charge in [-0.2, -0.15) is 5.10 Å². The van der Waals surface area contributed by atoms with E-state index in [1.165, 1.54) is 17.7 Å². The number of imidazole rings is 1. The van der Waals surface area contributed by atoms with Gasteiger partial charge in [-0.15, -0.1) is 0 Å². The summed E-state index contributed by atoms with van der Waals surface area (Å²) in [7, 11) is 4.01. The van der Waals surface area contributed by atoms with Crippen molar-refractivity contribution in [2.45, 2.75) is 18.8 Å². The first-order valence-electron chi connectivity index (χ1n) is 12.6. The number of rotatable bonds is 7. The lowest BCUT2D eigenvalue weighted by Gasteiger charge is -2.22. The highest BCUT2D eigenvalue weighted by atomic mass is 19.1. The number of nitrogens with one attached hydrogen (secondary N) is 4. The lowest BCUT2D eigenvalue weighted by molar-refractivity contribution is 0.425. The first-order valence-corrected chi connectivity index (χ1v) is 12.6. The Bertz CT molecular complexity index is 1550. The highest BCUT2D eigenvalue weighted by Crippen LogP contribution is 2.33. The molecule has 0 aliphatic carbocycles. The summed E-state index contributed by atoms with van der Waals surface area (Å²) >= 11 is 0. The third-order valence-electron chi connectivity index (χ3n) is 6.93. The smallest absolute Gasteiger partial charge is 0.159 e. The van der Waals surface area contributed by atoms with Gasteiger partial charge in [-0.05, 0) is 81.8 Å². The van der Waals surface area contributed by atoms with Crippen LogP contribution in [0, 0.1) is 5.82 Å². The molecule has 5 heterocycles. The molecule has 1 fully saturated rings. The molecule has 0 saturated carbocycles. The third-order valence-corrected chi connectivity index (χ3v) is 6.93. The predicted molar refractivity (Wildman–Crippen MR) is 144 cm³/mol. The number of benzene rings is 1. The quantitative estimate of drug-likeness (QED) is 0.266. The van der Waals surface area contributed by atoms with E-state index < -0.39 is 0 Å². The van der Waals surface area contributed by atoms with Crippen LogP contribution in [-0.4, -0.2) is 75.3 Å². The molecule has 0 spiro atoms. The maximum atomic E-state index is 14.6. The highest BCUT2D eigenvalue weighted by molar-refractivity contribution is 5.95. The standard InChI is InChI=1S/C27H30FN9/c1-37(2)10-9-30-20-12-17(11-19(28)14-20)23-25-22(5-8-31-23)33-27(34-25)24-21-13-18(15-32-26(21)36-35-24)16-3-6-29-7-4-16/h5,8,11-16,29-30H,3-4,6-7,9-10H2,1-2H3,(H,33,34)(H,32,35,36). The monoisotopic (exact) mass is 499 g/mol. The van der Waals surface area contributed by atoms with E-state index in [0.29, 0.717) is 46.4 Å². The number of likely N-dealkylation sites (N-methyl/N-ethyl adjacent to an activating group) is 1. The molecule has 37 heavy (non-hydrogen) atoms. The summed E-state index contributed by atoms with van der Waals surface area (Å²) in [4.78, 5) is 19.5. The van der Waals surface area contributed by atoms with Gasteiger partial charge in [0.2, 0.25) is 0 Å². The van der Waals surface area contributed by atoms with Crippen molar-refractivity contribution in [3.05, 3.63) is 54.1 Å². The van der Waals surface area contributed by atoms with Crippen LogP contribution in [0.25, 0.3) is 44.8 Å². The molecular weight excluding hydrogens is 469 g/mol. The van der Waals surface area contributed by atoms with Crippen LogP contribution in [0.15, 0.2) is 42.7 Å². The average molecular weight is 500 g/mol. The Hall–Kier alpha value is -3.89. The van der Waals surface area contributed by atoms with Crippen molar-refractivity contribution >= 4 is 27.8 Å². The van der Waals surface area contributed by atoms with Gasteiger partial charge in [0.25, 0.3) is 0 Å². The van der Waals surface area contributed by atoms with Crippen LogP contribution in [0.3, 0.4) is 0 Å². The molecule has 0 bridgehead atoms. The summed E-state index contributed by atoms with van der Waals surface area (Å²) in [5.41, 5.74) is 6.13. The minimum atomic E-state index is -0.325. The zero-order chi connectivity index (χ0) is 25.4. The van der Waals surface area contributed by atoms with Gasteiger partial charge in [-0.25, -0.2) is 14.4 Å². The fraction of sp³-hybridized carbons (Fsp3) is 0.333. The maximum absolute atomic E-state index is 14.6. The lowest BCUT2D eigenvalue weighted by atomic mass is 9.91. The first kappa shape index (κ1) is 23.5. The van der Waals surface area contributed by atoms with Crippen LogP contribution in [0.5, 0.6) is 0 Å². The summed E-state index contributed by atoms with van der Waals surface area (Å²) in [6, 6.07) is 8.96. The number of H-pyrrole nitrogens is 2. The second-order valence-corrected chi connectivity index (χ2v) is 9.86. The second kappa shape index (κ2) is 9.87. The molecule has 4 N–H and O–H groups in total. The van der Waals surface area contributed by atoms with Gasteiger partial charge in [-0.1, -0.05) is 0 Å². The largest absolute Gasteiger partial charge is 0.384 e. The predicted octanol–water partition coefficient (Wildman–Crippen LogP) is 4.14. The van der Waals surface area contributed by atoms with Crippen molar-refractivity contribution in [3.8, 4) is 22.8 Å². The third kappa shape index (κ3) is 4.77. The van der Waals surface area contributed by atoms with E-state index in [2.05, 4.69) is 46.7 Å². The van der Waals surface area contributed by atoms with E-state index in [1.54, 1.807) is 6.20 Å². The minimum absolute atomic E-state index is 0.325. The number of hydrogen-bond acceptors (Lipinski definition) is 7. The van der Waals surface area contributed by atoms with E-state index in [0.717, 1.165) is 49.0 Å². The van der Waals surface area contributed by atoms with Crippen molar-refractivity contribution in [1.82, 2.24) is 40.3 Å². The molecule has 10 heteroatoms. The number of nitrogens with zero attached hydrogens (tertiary/aromatic N) is 5. The van der Waals surface area contributed by atoms with E-state index in [-0.39, 0.29) is 5.82 Å². The highest BCUT2D eigenvalue weighted by Gasteiger charge is 2.20. The molecule has 1 aliphatic heterocycles. The number of piperidine rings is 1. The molecular formula is C27H30FN9. The zero-order valence-corrected chi connectivity index (χ0v) is 21.0. The maximum Gasteiger partial charge on any atom is 0.159 e. The van der Waals surface area contributed by atoms with Gasteiger partial charge in [0, 0.05) is 36.7 Å². The van der Waals surface area contributed by atoms with Crippen LogP contribution in [0.2, 0.25) is 0 Å². The van der Waals surface area contributed by atoms with Crippen LogP contribution in [0.1, 0.15) is 24.3 Å². The molecule has 9 nitrogen and oxygen atoms in total. The molecule has 6 rings (SSSR count). The number of pyridine rings is 2. The molecule has 5 aromatic rings. The number of aromatic nitrogens is 6. The number of aromatic amines is 2.